The van der Waals surface area contributed by atoms with E-state index in [0.29, 0.717) is 10.9 Å². The molecule has 0 saturated carbocycles. The van der Waals surface area contributed by atoms with Crippen LogP contribution in [0.4, 0.5) is 10.9 Å². The fourth-order valence-electron chi connectivity index (χ4n) is 2.69. The van der Waals surface area contributed by atoms with Crippen molar-refractivity contribution in [2.75, 3.05) is 11.2 Å². The first-order valence-corrected chi connectivity index (χ1v) is 8.26. The van der Waals surface area contributed by atoms with Gasteiger partial charge in [-0.1, -0.05) is 17.4 Å². The Bertz CT molecular complexity index is 1050. The highest BCUT2D eigenvalue weighted by molar-refractivity contribution is 7.22. The van der Waals surface area contributed by atoms with Gasteiger partial charge in [0.25, 0.3) is 0 Å². The van der Waals surface area contributed by atoms with Gasteiger partial charge in [0.1, 0.15) is 17.8 Å². The van der Waals surface area contributed by atoms with Crippen molar-refractivity contribution in [1.82, 2.24) is 24.7 Å². The largest absolute Gasteiger partial charge is 0.383 e. The summed E-state index contributed by atoms with van der Waals surface area (Å²) in [6, 6.07) is 6.14. The van der Waals surface area contributed by atoms with Gasteiger partial charge >= 0.3 is 0 Å². The van der Waals surface area contributed by atoms with Gasteiger partial charge in [0.05, 0.1) is 15.6 Å². The second-order valence-corrected chi connectivity index (χ2v) is 6.72. The number of aromatic nitrogens is 5. The molecule has 0 amide bonds. The quantitative estimate of drug-likeness (QED) is 0.387. The van der Waals surface area contributed by atoms with Crippen LogP contribution in [0, 0.1) is 0 Å². The average Bonchev–Trinajstić information content (AvgIpc) is 3.15. The Kier molecular flexibility index (Phi) is 3.32. The zero-order valence-corrected chi connectivity index (χ0v) is 14.0. The molecule has 3 aromatic heterocycles. The molecule has 122 valence electrons. The van der Waals surface area contributed by atoms with Crippen LogP contribution in [0.15, 0.2) is 24.5 Å². The number of rotatable bonds is 3. The van der Waals surface area contributed by atoms with Crippen LogP contribution in [0.5, 0.6) is 0 Å². The molecule has 0 bridgehead atoms. The van der Waals surface area contributed by atoms with E-state index < -0.39 is 0 Å². The summed E-state index contributed by atoms with van der Waals surface area (Å²) in [6.45, 7) is 4.11. The lowest BCUT2D eigenvalue weighted by molar-refractivity contribution is 0.548. The minimum atomic E-state index is 0.159. The predicted octanol–water partition coefficient (Wildman–Crippen LogP) is 2.55. The first kappa shape index (κ1) is 14.8. The number of benzene rings is 1. The van der Waals surface area contributed by atoms with E-state index in [-0.39, 0.29) is 6.04 Å². The molecule has 0 aliphatic carbocycles. The Morgan fingerprint density at radius 3 is 2.83 bits per heavy atom. The van der Waals surface area contributed by atoms with Gasteiger partial charge in [0, 0.05) is 11.6 Å². The zero-order chi connectivity index (χ0) is 16.8. The van der Waals surface area contributed by atoms with E-state index in [1.54, 1.807) is 0 Å². The van der Waals surface area contributed by atoms with Crippen LogP contribution in [-0.2, 0) is 0 Å². The third-order valence-corrected chi connectivity index (χ3v) is 4.76. The molecule has 8 nitrogen and oxygen atoms in total. The summed E-state index contributed by atoms with van der Waals surface area (Å²) in [6.07, 6.45) is 1.46. The number of nitrogens with zero attached hydrogens (tertiary/aromatic N) is 5. The topological polar surface area (TPSA) is 121 Å². The van der Waals surface area contributed by atoms with Crippen molar-refractivity contribution in [2.45, 2.75) is 19.9 Å². The van der Waals surface area contributed by atoms with Gasteiger partial charge in [-0.05, 0) is 26.0 Å². The van der Waals surface area contributed by atoms with E-state index in [2.05, 4.69) is 34.2 Å². The van der Waals surface area contributed by atoms with Crippen molar-refractivity contribution in [3.05, 3.63) is 24.5 Å². The van der Waals surface area contributed by atoms with E-state index >= 15 is 0 Å². The number of hydrogen-bond donors (Lipinski definition) is 3. The van der Waals surface area contributed by atoms with Gasteiger partial charge < -0.3 is 5.73 Å². The number of nitrogen functional groups attached to an aromatic ring is 2. The number of anilines is 2. The van der Waals surface area contributed by atoms with Crippen LogP contribution < -0.4 is 17.0 Å². The Balaban J connectivity index is 1.99. The van der Waals surface area contributed by atoms with Crippen molar-refractivity contribution in [3.63, 3.8) is 0 Å². The van der Waals surface area contributed by atoms with Gasteiger partial charge in [-0.25, -0.2) is 25.5 Å². The molecule has 0 radical (unpaired) electrons. The molecule has 24 heavy (non-hydrogen) atoms. The molecule has 0 fully saturated rings. The van der Waals surface area contributed by atoms with Crippen molar-refractivity contribution < 1.29 is 0 Å². The third-order valence-electron chi connectivity index (χ3n) is 3.79. The molecule has 0 spiro atoms. The maximum absolute atomic E-state index is 6.10. The number of nitrogens with one attached hydrogen (secondary N) is 1. The van der Waals surface area contributed by atoms with Crippen molar-refractivity contribution >= 4 is 43.5 Å². The Morgan fingerprint density at radius 1 is 1.25 bits per heavy atom. The van der Waals surface area contributed by atoms with E-state index in [1.807, 2.05) is 22.9 Å². The molecule has 0 atom stereocenters. The number of hydrazine groups is 1. The predicted molar refractivity (Wildman–Crippen MR) is 96.5 cm³/mol. The van der Waals surface area contributed by atoms with Crippen molar-refractivity contribution in [1.29, 1.82) is 0 Å². The van der Waals surface area contributed by atoms with Crippen LogP contribution in [0.1, 0.15) is 19.9 Å². The van der Waals surface area contributed by atoms with E-state index in [9.17, 15) is 0 Å². The molecule has 5 N–H and O–H groups in total. The van der Waals surface area contributed by atoms with Crippen LogP contribution in [-0.4, -0.2) is 24.7 Å². The minimum absolute atomic E-state index is 0.159. The molecule has 1 aromatic carbocycles. The molecule has 4 aromatic rings. The number of nitrogens with two attached hydrogens (primary N) is 2. The van der Waals surface area contributed by atoms with E-state index in [0.717, 1.165) is 32.5 Å². The number of fused-ring (bicyclic) bond motifs is 2. The lowest BCUT2D eigenvalue weighted by Crippen LogP contribution is -2.05. The molecule has 4 rings (SSSR count). The molecule has 0 aliphatic rings. The second-order valence-electron chi connectivity index (χ2n) is 5.69. The number of hydrogen-bond acceptors (Lipinski definition) is 8. The van der Waals surface area contributed by atoms with Crippen LogP contribution >= 0.6 is 11.3 Å². The Labute approximate surface area is 141 Å². The van der Waals surface area contributed by atoms with Crippen molar-refractivity contribution in [2.24, 2.45) is 5.84 Å². The molecular formula is C15H16N8S. The summed E-state index contributed by atoms with van der Waals surface area (Å²) in [5.74, 6) is 5.86. The van der Waals surface area contributed by atoms with Gasteiger partial charge in [0.15, 0.2) is 10.8 Å². The Hall–Kier alpha value is -2.78. The highest BCUT2D eigenvalue weighted by Gasteiger charge is 2.19. The summed E-state index contributed by atoms with van der Waals surface area (Å²) in [7, 11) is 0. The van der Waals surface area contributed by atoms with Crippen LogP contribution in [0.3, 0.4) is 0 Å². The third kappa shape index (κ3) is 2.17. The first-order valence-electron chi connectivity index (χ1n) is 7.44. The smallest absolute Gasteiger partial charge is 0.198 e. The Morgan fingerprint density at radius 2 is 2.08 bits per heavy atom. The summed E-state index contributed by atoms with van der Waals surface area (Å²) >= 11 is 1.50. The first-order chi connectivity index (χ1) is 11.6. The molecular weight excluding hydrogens is 324 g/mol. The van der Waals surface area contributed by atoms with E-state index in [4.69, 9.17) is 16.7 Å². The summed E-state index contributed by atoms with van der Waals surface area (Å²) < 4.78 is 2.91. The molecule has 0 unspecified atom stereocenters. The number of thiazole rings is 1. The molecule has 0 saturated heterocycles. The van der Waals surface area contributed by atoms with Gasteiger partial charge in [-0.2, -0.15) is 5.10 Å². The van der Waals surface area contributed by atoms with Gasteiger partial charge in [-0.15, -0.1) is 0 Å². The van der Waals surface area contributed by atoms with Gasteiger partial charge in [-0.3, -0.25) is 5.43 Å². The van der Waals surface area contributed by atoms with Crippen molar-refractivity contribution in [3.8, 4) is 11.3 Å². The minimum Gasteiger partial charge on any atom is -0.383 e. The van der Waals surface area contributed by atoms with Crippen LogP contribution in [0.2, 0.25) is 0 Å². The SMILES string of the molecule is CC(C)n1nc(-c2ccc3sc(NN)nc3c2)c2c(N)ncnc21. The normalized spacial score (nSPS) is 11.7. The monoisotopic (exact) mass is 340 g/mol. The zero-order valence-electron chi connectivity index (χ0n) is 13.2. The highest BCUT2D eigenvalue weighted by atomic mass is 32.1. The summed E-state index contributed by atoms with van der Waals surface area (Å²) in [5, 5.41) is 6.15. The fourth-order valence-corrected chi connectivity index (χ4v) is 3.45. The maximum Gasteiger partial charge on any atom is 0.198 e. The summed E-state index contributed by atoms with van der Waals surface area (Å²) in [4.78, 5) is 12.9. The summed E-state index contributed by atoms with van der Waals surface area (Å²) in [5.41, 5.74) is 11.9. The van der Waals surface area contributed by atoms with Gasteiger partial charge in [0.2, 0.25) is 0 Å². The molecule has 0 aliphatic heterocycles. The molecule has 9 heteroatoms. The molecule has 3 heterocycles. The van der Waals surface area contributed by atoms with E-state index in [1.165, 1.54) is 17.7 Å². The maximum atomic E-state index is 6.10. The fraction of sp³-hybridized carbons (Fsp3) is 0.200. The lowest BCUT2D eigenvalue weighted by Gasteiger charge is -2.05. The standard InChI is InChI=1S/C15H16N8S/c1-7(2)23-14-11(13(16)18-6-19-14)12(22-23)8-3-4-10-9(5-8)20-15(21-17)24-10/h3-7H,17H2,1-2H3,(H,20,21)(H2,16,18,19). The highest BCUT2D eigenvalue weighted by Crippen LogP contribution is 2.34. The average molecular weight is 340 g/mol. The lowest BCUT2D eigenvalue weighted by atomic mass is 10.1. The second kappa shape index (κ2) is 5.39. The van der Waals surface area contributed by atoms with Crippen LogP contribution in [0.25, 0.3) is 32.5 Å².